The second kappa shape index (κ2) is 8.48. The van der Waals surface area contributed by atoms with E-state index < -0.39 is 0 Å². The smallest absolute Gasteiger partial charge is 0.143 e. The number of nitrogens with zero attached hydrogens (tertiary/aromatic N) is 2. The summed E-state index contributed by atoms with van der Waals surface area (Å²) in [6.07, 6.45) is 3.75. The van der Waals surface area contributed by atoms with Crippen LogP contribution in [0.15, 0.2) is 138 Å². The van der Waals surface area contributed by atoms with Gasteiger partial charge in [0.15, 0.2) is 0 Å². The number of fused-ring (bicyclic) bond motifs is 9. The van der Waals surface area contributed by atoms with Crippen molar-refractivity contribution in [3.05, 3.63) is 134 Å². The summed E-state index contributed by atoms with van der Waals surface area (Å²) in [5.74, 6) is 0. The van der Waals surface area contributed by atoms with Crippen molar-refractivity contribution in [3.63, 3.8) is 0 Å². The Hall–Kier alpha value is -5.54. The summed E-state index contributed by atoms with van der Waals surface area (Å²) < 4.78 is 6.72. The van der Waals surface area contributed by atoms with E-state index in [-0.39, 0.29) is 0 Å². The number of hydrogen-bond acceptors (Lipinski definition) is 3. The average molecular weight is 523 g/mol. The molecule has 3 heterocycles. The van der Waals surface area contributed by atoms with E-state index in [1.165, 1.54) is 5.39 Å². The van der Waals surface area contributed by atoms with Crippen molar-refractivity contribution < 1.29 is 4.42 Å². The predicted octanol–water partition coefficient (Wildman–Crippen LogP) is 10.3. The summed E-state index contributed by atoms with van der Waals surface area (Å²) in [6.45, 7) is 0. The monoisotopic (exact) mass is 522 g/mol. The molecule has 0 aliphatic rings. The minimum atomic E-state index is 0.877. The number of furan rings is 1. The van der Waals surface area contributed by atoms with Gasteiger partial charge in [-0.25, -0.2) is 0 Å². The van der Waals surface area contributed by atoms with E-state index in [2.05, 4.69) is 103 Å². The molecular weight excluding hydrogens is 500 g/mol. The molecule has 0 N–H and O–H groups in total. The minimum absolute atomic E-state index is 0.877. The summed E-state index contributed by atoms with van der Waals surface area (Å²) in [5.41, 5.74) is 8.25. The van der Waals surface area contributed by atoms with Gasteiger partial charge in [0.2, 0.25) is 0 Å². The molecule has 6 aromatic carbocycles. The van der Waals surface area contributed by atoms with Crippen LogP contribution in [0.2, 0.25) is 0 Å². The van der Waals surface area contributed by atoms with Crippen molar-refractivity contribution in [1.29, 1.82) is 0 Å². The molecule has 0 unspecified atom stereocenters. The normalized spacial score (nSPS) is 11.9. The Morgan fingerprint density at radius 1 is 0.390 bits per heavy atom. The summed E-state index contributed by atoms with van der Waals surface area (Å²) in [5, 5.41) is 9.11. The summed E-state index contributed by atoms with van der Waals surface area (Å²) >= 11 is 0. The molecule has 190 valence electrons. The molecule has 0 bridgehead atoms. The molecule has 3 aromatic heterocycles. The van der Waals surface area contributed by atoms with Crippen LogP contribution < -0.4 is 0 Å². The molecule has 9 rings (SSSR count). The number of rotatable bonds is 2. The van der Waals surface area contributed by atoms with E-state index in [1.54, 1.807) is 0 Å². The predicted molar refractivity (Wildman–Crippen MR) is 170 cm³/mol. The van der Waals surface area contributed by atoms with E-state index in [9.17, 15) is 0 Å². The first-order valence-electron chi connectivity index (χ1n) is 13.8. The fourth-order valence-electron chi connectivity index (χ4n) is 6.54. The zero-order chi connectivity index (χ0) is 26.9. The third kappa shape index (κ3) is 3.20. The van der Waals surface area contributed by atoms with Gasteiger partial charge in [0.1, 0.15) is 11.2 Å². The molecule has 0 atom stereocenters. The van der Waals surface area contributed by atoms with Crippen LogP contribution >= 0.6 is 0 Å². The van der Waals surface area contributed by atoms with E-state index in [0.29, 0.717) is 0 Å². The van der Waals surface area contributed by atoms with Gasteiger partial charge in [-0.3, -0.25) is 9.97 Å². The van der Waals surface area contributed by atoms with Gasteiger partial charge in [-0.1, -0.05) is 97.1 Å². The van der Waals surface area contributed by atoms with Gasteiger partial charge < -0.3 is 4.42 Å². The van der Waals surface area contributed by atoms with Gasteiger partial charge in [0, 0.05) is 50.3 Å². The van der Waals surface area contributed by atoms with Crippen LogP contribution in [-0.4, -0.2) is 9.97 Å². The second-order valence-corrected chi connectivity index (χ2v) is 10.6. The molecule has 0 saturated heterocycles. The first-order chi connectivity index (χ1) is 20.3. The Morgan fingerprint density at radius 2 is 0.927 bits per heavy atom. The van der Waals surface area contributed by atoms with Crippen LogP contribution in [0.5, 0.6) is 0 Å². The highest BCUT2D eigenvalue weighted by molar-refractivity contribution is 6.23. The van der Waals surface area contributed by atoms with Gasteiger partial charge in [0.25, 0.3) is 0 Å². The van der Waals surface area contributed by atoms with Crippen LogP contribution in [0.4, 0.5) is 0 Å². The first kappa shape index (κ1) is 22.3. The van der Waals surface area contributed by atoms with Crippen molar-refractivity contribution in [2.24, 2.45) is 0 Å². The summed E-state index contributed by atoms with van der Waals surface area (Å²) in [6, 6.07) is 42.7. The Labute approximate surface area is 235 Å². The number of pyridine rings is 2. The number of para-hydroxylation sites is 1. The SMILES string of the molecule is c1cnc2c(c1)ccc1cccc(-c3ccc(-c4cccc5ccc6cccnc6c45)c4c3oc3ccccc34)c12. The lowest BCUT2D eigenvalue weighted by molar-refractivity contribution is 0.670. The zero-order valence-corrected chi connectivity index (χ0v) is 22.0. The second-order valence-electron chi connectivity index (χ2n) is 10.6. The van der Waals surface area contributed by atoms with E-state index in [0.717, 1.165) is 82.2 Å². The molecule has 0 spiro atoms. The molecule has 9 aromatic rings. The van der Waals surface area contributed by atoms with E-state index in [1.807, 2.05) is 30.6 Å². The van der Waals surface area contributed by atoms with Gasteiger partial charge in [-0.15, -0.1) is 0 Å². The van der Waals surface area contributed by atoms with Crippen molar-refractivity contribution in [1.82, 2.24) is 9.97 Å². The maximum Gasteiger partial charge on any atom is 0.143 e. The molecule has 3 nitrogen and oxygen atoms in total. The highest BCUT2D eigenvalue weighted by atomic mass is 16.3. The zero-order valence-electron chi connectivity index (χ0n) is 22.0. The molecule has 0 fully saturated rings. The lowest BCUT2D eigenvalue weighted by atomic mass is 9.89. The fourth-order valence-corrected chi connectivity index (χ4v) is 6.54. The Bertz CT molecular complexity index is 2490. The largest absolute Gasteiger partial charge is 0.455 e. The molecule has 41 heavy (non-hydrogen) atoms. The van der Waals surface area contributed by atoms with Gasteiger partial charge in [-0.2, -0.15) is 0 Å². The van der Waals surface area contributed by atoms with Gasteiger partial charge in [-0.05, 0) is 51.7 Å². The average Bonchev–Trinajstić information content (AvgIpc) is 3.43. The summed E-state index contributed by atoms with van der Waals surface area (Å²) in [4.78, 5) is 9.63. The van der Waals surface area contributed by atoms with Crippen LogP contribution in [0, 0.1) is 0 Å². The van der Waals surface area contributed by atoms with Crippen LogP contribution in [0.3, 0.4) is 0 Å². The molecular formula is C38H22N2O. The quantitative estimate of drug-likeness (QED) is 0.212. The molecule has 0 saturated carbocycles. The number of aromatic nitrogens is 2. The Morgan fingerprint density at radius 3 is 1.61 bits per heavy atom. The Balaban J connectivity index is 1.44. The molecule has 0 radical (unpaired) electrons. The fraction of sp³-hybridized carbons (Fsp3) is 0. The maximum absolute atomic E-state index is 6.72. The van der Waals surface area contributed by atoms with Gasteiger partial charge in [0.05, 0.1) is 11.0 Å². The molecule has 0 aliphatic carbocycles. The standard InChI is InChI=1S/C38H22N2O/c1-2-14-32-31(11-1)35-29(27-12-3-7-23-15-17-25-9-5-21-39-36(25)33(23)27)19-20-30(38(35)41-32)28-13-4-8-24-16-18-26-10-6-22-40-37(26)34(24)28/h1-22H. The van der Waals surface area contributed by atoms with Crippen molar-refractivity contribution in [2.75, 3.05) is 0 Å². The van der Waals surface area contributed by atoms with Crippen molar-refractivity contribution in [2.45, 2.75) is 0 Å². The topological polar surface area (TPSA) is 38.9 Å². The molecule has 0 aliphatic heterocycles. The van der Waals surface area contributed by atoms with E-state index in [4.69, 9.17) is 14.4 Å². The van der Waals surface area contributed by atoms with Crippen LogP contribution in [0.25, 0.3) is 87.5 Å². The highest BCUT2D eigenvalue weighted by Crippen LogP contribution is 2.45. The van der Waals surface area contributed by atoms with Crippen LogP contribution in [0.1, 0.15) is 0 Å². The van der Waals surface area contributed by atoms with Crippen LogP contribution in [-0.2, 0) is 0 Å². The lowest BCUT2D eigenvalue weighted by Gasteiger charge is -2.14. The molecule has 3 heteroatoms. The van der Waals surface area contributed by atoms with Gasteiger partial charge >= 0.3 is 0 Å². The highest BCUT2D eigenvalue weighted by Gasteiger charge is 2.20. The third-order valence-electron chi connectivity index (χ3n) is 8.34. The first-order valence-corrected chi connectivity index (χ1v) is 13.8. The number of benzene rings is 6. The lowest BCUT2D eigenvalue weighted by Crippen LogP contribution is -1.89. The number of hydrogen-bond donors (Lipinski definition) is 0. The summed E-state index contributed by atoms with van der Waals surface area (Å²) in [7, 11) is 0. The maximum atomic E-state index is 6.72. The Kier molecular flexibility index (Phi) is 4.61. The van der Waals surface area contributed by atoms with E-state index >= 15 is 0 Å². The van der Waals surface area contributed by atoms with Crippen molar-refractivity contribution >= 4 is 65.3 Å². The minimum Gasteiger partial charge on any atom is -0.455 e. The third-order valence-corrected chi connectivity index (χ3v) is 8.34. The molecule has 0 amide bonds. The van der Waals surface area contributed by atoms with Crippen molar-refractivity contribution in [3.8, 4) is 22.3 Å².